The molecule has 2 N–H and O–H groups in total. The van der Waals surface area contributed by atoms with Gasteiger partial charge in [-0.15, -0.1) is 0 Å². The number of rotatable bonds is 3. The predicted molar refractivity (Wildman–Crippen MR) is 47.1 cm³/mol. The first-order chi connectivity index (χ1) is 7.24. The van der Waals surface area contributed by atoms with E-state index in [1.165, 1.54) is 0 Å². The Morgan fingerprint density at radius 2 is 1.81 bits per heavy atom. The zero-order valence-electron chi connectivity index (χ0n) is 7.49. The first kappa shape index (κ1) is 12.8. The summed E-state index contributed by atoms with van der Waals surface area (Å²) in [7, 11) is 0. The molecule has 90 valence electrons. The highest BCUT2D eigenvalue weighted by molar-refractivity contribution is 6.20. The molecule has 0 saturated heterocycles. The first-order valence-corrected chi connectivity index (χ1v) is 4.27. The quantitative estimate of drug-likeness (QED) is 0.516. The number of nitrogen functional groups attached to an aromatic ring is 1. The van der Waals surface area contributed by atoms with Crippen molar-refractivity contribution in [1.82, 2.24) is 0 Å². The highest BCUT2D eigenvalue weighted by Crippen LogP contribution is 2.31. The molecule has 0 aliphatic rings. The number of nitrogens with two attached hydrogens (primary N) is 1. The van der Waals surface area contributed by atoms with Crippen molar-refractivity contribution in [1.29, 1.82) is 0 Å². The van der Waals surface area contributed by atoms with E-state index in [1.807, 2.05) is 0 Å². The second kappa shape index (κ2) is 4.32. The average Bonchev–Trinajstić information content (AvgIpc) is 2.13. The first-order valence-electron chi connectivity index (χ1n) is 3.83. The maximum absolute atomic E-state index is 13.0. The van der Waals surface area contributed by atoms with E-state index >= 15 is 0 Å². The van der Waals surface area contributed by atoms with Gasteiger partial charge >= 0.3 is 6.11 Å². The molecule has 0 radical (unpaired) electrons. The minimum absolute atomic E-state index is 0.276. The summed E-state index contributed by atoms with van der Waals surface area (Å²) in [5.41, 5.74) is 1.18. The molecule has 0 bridgehead atoms. The van der Waals surface area contributed by atoms with E-state index in [4.69, 9.17) is 5.73 Å². The monoisotopic (exact) mass is 261 g/mol. The van der Waals surface area contributed by atoms with Crippen LogP contribution in [0.1, 0.15) is 0 Å². The molecular formula is C8H5ClF5NO. The molecule has 1 atom stereocenters. The Morgan fingerprint density at radius 3 is 2.31 bits per heavy atom. The van der Waals surface area contributed by atoms with Crippen LogP contribution in [0.3, 0.4) is 0 Å². The lowest BCUT2D eigenvalue weighted by atomic mass is 10.3. The van der Waals surface area contributed by atoms with Gasteiger partial charge in [0.05, 0.1) is 5.69 Å². The molecule has 0 fully saturated rings. The van der Waals surface area contributed by atoms with Crippen molar-refractivity contribution in [3.63, 3.8) is 0 Å². The summed E-state index contributed by atoms with van der Waals surface area (Å²) in [6.45, 7) is 0. The van der Waals surface area contributed by atoms with Gasteiger partial charge in [0.15, 0.2) is 11.6 Å². The van der Waals surface area contributed by atoms with E-state index in [0.29, 0.717) is 6.07 Å². The second-order valence-corrected chi connectivity index (χ2v) is 3.15. The second-order valence-electron chi connectivity index (χ2n) is 2.77. The molecule has 1 rings (SSSR count). The Balaban J connectivity index is 3.02. The van der Waals surface area contributed by atoms with E-state index in [9.17, 15) is 22.0 Å². The molecule has 1 unspecified atom stereocenters. The Hall–Kier alpha value is -1.24. The minimum Gasteiger partial charge on any atom is -0.426 e. The van der Waals surface area contributed by atoms with Crippen LogP contribution in [0.2, 0.25) is 0 Å². The van der Waals surface area contributed by atoms with Crippen LogP contribution in [-0.4, -0.2) is 11.7 Å². The summed E-state index contributed by atoms with van der Waals surface area (Å²) in [4.78, 5) is 0. The molecular weight excluding hydrogens is 257 g/mol. The van der Waals surface area contributed by atoms with Crippen molar-refractivity contribution in [3.05, 3.63) is 23.8 Å². The zero-order chi connectivity index (χ0) is 12.5. The van der Waals surface area contributed by atoms with Gasteiger partial charge in [-0.3, -0.25) is 0 Å². The summed E-state index contributed by atoms with van der Waals surface area (Å²) < 4.78 is 66.7. The standard InChI is InChI=1S/C8H5ClF5NO/c9-7(12)8(13,14)16-6-2-3(10)5(15)1-4(6)11/h1-2,7H,15H2. The van der Waals surface area contributed by atoms with Crippen LogP contribution in [0.4, 0.5) is 27.6 Å². The highest BCUT2D eigenvalue weighted by Gasteiger charge is 2.42. The zero-order valence-corrected chi connectivity index (χ0v) is 8.24. The minimum atomic E-state index is -4.47. The number of hydrogen-bond acceptors (Lipinski definition) is 2. The number of benzene rings is 1. The van der Waals surface area contributed by atoms with Crippen molar-refractivity contribution in [2.75, 3.05) is 5.73 Å². The third kappa shape index (κ3) is 2.66. The fraction of sp³-hybridized carbons (Fsp3) is 0.250. The molecule has 0 aliphatic heterocycles. The van der Waals surface area contributed by atoms with Gasteiger partial charge in [-0.1, -0.05) is 11.6 Å². The van der Waals surface area contributed by atoms with Gasteiger partial charge in [0.25, 0.3) is 5.63 Å². The van der Waals surface area contributed by atoms with Gasteiger partial charge in [0.1, 0.15) is 5.82 Å². The number of anilines is 1. The van der Waals surface area contributed by atoms with Crippen LogP contribution in [0.5, 0.6) is 5.75 Å². The van der Waals surface area contributed by atoms with E-state index in [-0.39, 0.29) is 6.07 Å². The number of halogens is 6. The van der Waals surface area contributed by atoms with Gasteiger partial charge in [-0.2, -0.15) is 8.78 Å². The van der Waals surface area contributed by atoms with Crippen molar-refractivity contribution < 1.29 is 26.7 Å². The summed E-state index contributed by atoms with van der Waals surface area (Å²) in [5, 5.41) is 0. The molecule has 0 saturated carbocycles. The van der Waals surface area contributed by atoms with Crippen LogP contribution in [0.15, 0.2) is 12.1 Å². The van der Waals surface area contributed by atoms with Crippen molar-refractivity contribution >= 4 is 17.3 Å². The SMILES string of the molecule is Nc1cc(F)c(OC(F)(F)C(F)Cl)cc1F. The summed E-state index contributed by atoms with van der Waals surface area (Å²) in [6.07, 6.45) is -4.47. The lowest BCUT2D eigenvalue weighted by Gasteiger charge is -2.18. The molecule has 2 nitrogen and oxygen atoms in total. The molecule has 8 heteroatoms. The predicted octanol–water partition coefficient (Wildman–Crippen LogP) is 3.05. The highest BCUT2D eigenvalue weighted by atomic mass is 35.5. The third-order valence-electron chi connectivity index (χ3n) is 1.55. The molecule has 0 amide bonds. The Morgan fingerprint density at radius 1 is 1.25 bits per heavy atom. The van der Waals surface area contributed by atoms with E-state index < -0.39 is 34.8 Å². The Labute approximate surface area is 91.7 Å². The largest absolute Gasteiger partial charge is 0.444 e. The number of ether oxygens (including phenoxy) is 1. The van der Waals surface area contributed by atoms with Crippen LogP contribution in [0.25, 0.3) is 0 Å². The molecule has 0 aromatic heterocycles. The van der Waals surface area contributed by atoms with Gasteiger partial charge < -0.3 is 10.5 Å². The van der Waals surface area contributed by atoms with Crippen molar-refractivity contribution in [2.24, 2.45) is 0 Å². The van der Waals surface area contributed by atoms with Crippen LogP contribution in [0, 0.1) is 11.6 Å². The summed E-state index contributed by atoms with van der Waals surface area (Å²) in [6, 6.07) is 0.708. The molecule has 0 spiro atoms. The van der Waals surface area contributed by atoms with Crippen LogP contribution < -0.4 is 10.5 Å². The molecule has 1 aromatic rings. The fourth-order valence-electron chi connectivity index (χ4n) is 0.813. The average molecular weight is 262 g/mol. The Kier molecular flexibility index (Phi) is 3.47. The fourth-order valence-corrected chi connectivity index (χ4v) is 0.858. The van der Waals surface area contributed by atoms with Crippen molar-refractivity contribution in [3.8, 4) is 5.75 Å². The van der Waals surface area contributed by atoms with E-state index in [2.05, 4.69) is 16.3 Å². The number of hydrogen-bond donors (Lipinski definition) is 1. The Bertz CT molecular complexity index is 398. The van der Waals surface area contributed by atoms with Crippen LogP contribution >= 0.6 is 11.6 Å². The van der Waals surface area contributed by atoms with Gasteiger partial charge in [0.2, 0.25) is 0 Å². The van der Waals surface area contributed by atoms with Crippen LogP contribution in [-0.2, 0) is 0 Å². The molecule has 0 aliphatic carbocycles. The normalized spacial score (nSPS) is 13.6. The van der Waals surface area contributed by atoms with Gasteiger partial charge in [-0.25, -0.2) is 13.2 Å². The number of alkyl halides is 4. The van der Waals surface area contributed by atoms with Gasteiger partial charge in [0, 0.05) is 12.1 Å². The smallest absolute Gasteiger partial charge is 0.426 e. The molecule has 0 heterocycles. The van der Waals surface area contributed by atoms with E-state index in [0.717, 1.165) is 0 Å². The molecule has 16 heavy (non-hydrogen) atoms. The van der Waals surface area contributed by atoms with E-state index in [1.54, 1.807) is 0 Å². The van der Waals surface area contributed by atoms with Gasteiger partial charge in [-0.05, 0) is 0 Å². The summed E-state index contributed by atoms with van der Waals surface area (Å²) in [5.74, 6) is -3.70. The maximum atomic E-state index is 13.0. The topological polar surface area (TPSA) is 35.2 Å². The summed E-state index contributed by atoms with van der Waals surface area (Å²) >= 11 is 4.46. The maximum Gasteiger partial charge on any atom is 0.444 e. The lowest BCUT2D eigenvalue weighted by Crippen LogP contribution is -2.33. The lowest BCUT2D eigenvalue weighted by molar-refractivity contribution is -0.200. The van der Waals surface area contributed by atoms with Crippen molar-refractivity contribution in [2.45, 2.75) is 11.7 Å². The third-order valence-corrected chi connectivity index (χ3v) is 1.81. The molecule has 1 aromatic carbocycles.